The van der Waals surface area contributed by atoms with Gasteiger partial charge < -0.3 is 4.90 Å². The fraction of sp³-hybridized carbons (Fsp3) is 0.333. The first-order valence-corrected chi connectivity index (χ1v) is 8.76. The van der Waals surface area contributed by atoms with E-state index in [1.165, 1.54) is 30.3 Å². The molecule has 1 fully saturated rings. The Morgan fingerprint density at radius 3 is 2.57 bits per heavy atom. The zero-order valence-corrected chi connectivity index (χ0v) is 15.7. The molecule has 4 rings (SSSR count). The third kappa shape index (κ3) is 3.26. The van der Waals surface area contributed by atoms with Gasteiger partial charge in [-0.05, 0) is 38.3 Å². The number of anilines is 1. The molecule has 1 aliphatic rings. The van der Waals surface area contributed by atoms with Crippen LogP contribution in [0.5, 0.6) is 0 Å². The van der Waals surface area contributed by atoms with Gasteiger partial charge in [-0.15, -0.1) is 28.3 Å². The Bertz CT molecular complexity index is 809. The molecule has 3 nitrogen and oxygen atoms in total. The minimum Gasteiger partial charge on any atom is -0.371 e. The number of rotatable bonds is 2. The van der Waals surface area contributed by atoms with Gasteiger partial charge in [0.2, 0.25) is 0 Å². The third-order valence-electron chi connectivity index (χ3n) is 4.23. The largest absolute Gasteiger partial charge is 0.371 e. The molecule has 0 atom stereocenters. The number of para-hydroxylation sites is 1. The van der Waals surface area contributed by atoms with Crippen molar-refractivity contribution in [2.24, 2.45) is 0 Å². The van der Waals surface area contributed by atoms with Gasteiger partial charge in [0.05, 0.1) is 5.52 Å². The second-order valence-corrected chi connectivity index (χ2v) is 6.74. The van der Waals surface area contributed by atoms with E-state index in [0.717, 1.165) is 35.0 Å². The van der Waals surface area contributed by atoms with Crippen molar-refractivity contribution < 1.29 is 0 Å². The first kappa shape index (κ1) is 16.4. The zero-order valence-electron chi connectivity index (χ0n) is 13.2. The van der Waals surface area contributed by atoms with Crippen LogP contribution in [0, 0.1) is 6.92 Å². The summed E-state index contributed by atoms with van der Waals surface area (Å²) in [6, 6.07) is 10.7. The van der Waals surface area contributed by atoms with Gasteiger partial charge in [0, 0.05) is 35.2 Å². The highest BCUT2D eigenvalue weighted by atomic mass is 79.9. The first-order chi connectivity index (χ1) is 10.8. The Hall–Kier alpha value is -1.46. The lowest BCUT2D eigenvalue weighted by atomic mass is 10.1. The van der Waals surface area contributed by atoms with E-state index in [1.54, 1.807) is 11.3 Å². The monoisotopic (exact) mass is 389 g/mol. The fourth-order valence-corrected chi connectivity index (χ4v) is 3.89. The molecule has 1 aromatic carbocycles. The van der Waals surface area contributed by atoms with Crippen molar-refractivity contribution in [1.29, 1.82) is 0 Å². The lowest BCUT2D eigenvalue weighted by Crippen LogP contribution is -2.29. The third-order valence-corrected chi connectivity index (χ3v) is 5.21. The Morgan fingerprint density at radius 1 is 1.04 bits per heavy atom. The summed E-state index contributed by atoms with van der Waals surface area (Å²) in [5, 5.41) is 4.36. The minimum absolute atomic E-state index is 0. The van der Waals surface area contributed by atoms with Crippen molar-refractivity contribution >= 4 is 44.9 Å². The van der Waals surface area contributed by atoms with Crippen molar-refractivity contribution in [3.8, 4) is 10.7 Å². The molecule has 0 radical (unpaired) electrons. The quantitative estimate of drug-likeness (QED) is 0.600. The lowest BCUT2D eigenvalue weighted by molar-refractivity contribution is 0.579. The van der Waals surface area contributed by atoms with Gasteiger partial charge in [-0.2, -0.15) is 0 Å². The number of aromatic nitrogens is 2. The number of aryl methyl sites for hydroxylation is 1. The highest BCUT2D eigenvalue weighted by Gasteiger charge is 2.16. The molecule has 5 heteroatoms. The number of piperidine rings is 1. The number of hydrogen-bond donors (Lipinski definition) is 0. The van der Waals surface area contributed by atoms with Gasteiger partial charge in [-0.1, -0.05) is 18.2 Å². The van der Waals surface area contributed by atoms with Crippen LogP contribution < -0.4 is 4.90 Å². The molecule has 0 aliphatic carbocycles. The van der Waals surface area contributed by atoms with Crippen molar-refractivity contribution in [3.63, 3.8) is 0 Å². The number of thiazole rings is 1. The van der Waals surface area contributed by atoms with Crippen molar-refractivity contribution in [2.45, 2.75) is 26.2 Å². The second-order valence-electron chi connectivity index (χ2n) is 5.89. The summed E-state index contributed by atoms with van der Waals surface area (Å²) in [4.78, 5) is 12.0. The maximum absolute atomic E-state index is 4.84. The van der Waals surface area contributed by atoms with E-state index in [0.29, 0.717) is 0 Å². The number of nitrogens with zero attached hydrogens (tertiary/aromatic N) is 3. The smallest absolute Gasteiger partial charge is 0.142 e. The molecular weight excluding hydrogens is 370 g/mol. The maximum Gasteiger partial charge on any atom is 0.142 e. The van der Waals surface area contributed by atoms with Crippen LogP contribution in [-0.2, 0) is 0 Å². The van der Waals surface area contributed by atoms with E-state index in [9.17, 15) is 0 Å². The van der Waals surface area contributed by atoms with Crippen LogP contribution in [0.15, 0.2) is 35.7 Å². The summed E-state index contributed by atoms with van der Waals surface area (Å²) >= 11 is 1.67. The molecule has 3 aromatic rings. The van der Waals surface area contributed by atoms with Gasteiger partial charge >= 0.3 is 0 Å². The zero-order chi connectivity index (χ0) is 14.9. The van der Waals surface area contributed by atoms with E-state index >= 15 is 0 Å². The van der Waals surface area contributed by atoms with Gasteiger partial charge in [0.25, 0.3) is 0 Å². The molecule has 0 amide bonds. The fourth-order valence-electron chi connectivity index (χ4n) is 3.13. The highest BCUT2D eigenvalue weighted by molar-refractivity contribution is 8.93. The summed E-state index contributed by atoms with van der Waals surface area (Å²) in [5.74, 6) is 0. The van der Waals surface area contributed by atoms with Gasteiger partial charge in [0.1, 0.15) is 10.7 Å². The predicted octanol–water partition coefficient (Wildman–Crippen LogP) is 5.23. The number of pyridine rings is 1. The number of benzene rings is 1. The molecule has 0 saturated carbocycles. The summed E-state index contributed by atoms with van der Waals surface area (Å²) in [7, 11) is 0. The van der Waals surface area contributed by atoms with Crippen molar-refractivity contribution in [1.82, 2.24) is 9.97 Å². The maximum atomic E-state index is 4.84. The summed E-state index contributed by atoms with van der Waals surface area (Å²) < 4.78 is 0. The van der Waals surface area contributed by atoms with E-state index in [1.807, 2.05) is 6.92 Å². The topological polar surface area (TPSA) is 29.0 Å². The number of halogens is 1. The molecule has 0 spiro atoms. The normalized spacial score (nSPS) is 14.7. The summed E-state index contributed by atoms with van der Waals surface area (Å²) in [6.07, 6.45) is 3.91. The van der Waals surface area contributed by atoms with Crippen LogP contribution in [0.25, 0.3) is 21.6 Å². The number of hydrogen-bond acceptors (Lipinski definition) is 4. The molecule has 2 aromatic heterocycles. The van der Waals surface area contributed by atoms with Gasteiger partial charge in [-0.25, -0.2) is 9.97 Å². The number of fused-ring (bicyclic) bond motifs is 1. The Morgan fingerprint density at radius 2 is 1.83 bits per heavy atom. The van der Waals surface area contributed by atoms with Crippen LogP contribution >= 0.6 is 28.3 Å². The molecule has 120 valence electrons. The van der Waals surface area contributed by atoms with Crippen LogP contribution in [0.1, 0.15) is 25.0 Å². The van der Waals surface area contributed by atoms with Crippen LogP contribution in [0.4, 0.5) is 5.69 Å². The average molecular weight is 390 g/mol. The Kier molecular flexibility index (Phi) is 4.97. The first-order valence-electron chi connectivity index (χ1n) is 7.88. The van der Waals surface area contributed by atoms with Gasteiger partial charge in [-0.3, -0.25) is 0 Å². The minimum atomic E-state index is 0. The van der Waals surface area contributed by atoms with Crippen LogP contribution in [0.3, 0.4) is 0 Å². The average Bonchev–Trinajstić information content (AvgIpc) is 3.01. The van der Waals surface area contributed by atoms with Crippen LogP contribution in [-0.4, -0.2) is 23.1 Å². The standard InChI is InChI=1S/C18H19N3S.BrH/c1-13-12-22-18(19-13)16-11-17(21-9-5-2-6-10-21)14-7-3-4-8-15(14)20-16;/h3-4,7-8,11-12H,2,5-6,9-10H2,1H3;1H. The van der Waals surface area contributed by atoms with Crippen LogP contribution in [0.2, 0.25) is 0 Å². The van der Waals surface area contributed by atoms with Crippen molar-refractivity contribution in [3.05, 3.63) is 41.4 Å². The SMILES string of the molecule is Br.Cc1csc(-c2cc(N3CCCCC3)c3ccccc3n2)n1. The van der Waals surface area contributed by atoms with E-state index in [4.69, 9.17) is 4.98 Å². The van der Waals surface area contributed by atoms with E-state index in [2.05, 4.69) is 45.6 Å². The van der Waals surface area contributed by atoms with Gasteiger partial charge in [0.15, 0.2) is 0 Å². The highest BCUT2D eigenvalue weighted by Crippen LogP contribution is 2.33. The Labute approximate surface area is 151 Å². The predicted molar refractivity (Wildman–Crippen MR) is 104 cm³/mol. The molecule has 0 bridgehead atoms. The molecule has 0 unspecified atom stereocenters. The second kappa shape index (κ2) is 6.97. The van der Waals surface area contributed by atoms with E-state index < -0.39 is 0 Å². The lowest BCUT2D eigenvalue weighted by Gasteiger charge is -2.30. The summed E-state index contributed by atoms with van der Waals surface area (Å²) in [6.45, 7) is 4.32. The molecule has 1 aliphatic heterocycles. The molecular formula is C18H20BrN3S. The van der Waals surface area contributed by atoms with Crippen molar-refractivity contribution in [2.75, 3.05) is 18.0 Å². The van der Waals surface area contributed by atoms with E-state index in [-0.39, 0.29) is 17.0 Å². The molecule has 1 saturated heterocycles. The molecule has 3 heterocycles. The Balaban J connectivity index is 0.00000156. The molecule has 23 heavy (non-hydrogen) atoms. The summed E-state index contributed by atoms with van der Waals surface area (Å²) in [5.41, 5.74) is 4.44. The molecule has 0 N–H and O–H groups in total.